The molecule has 2 aromatic rings. The molecule has 1 atom stereocenters. The van der Waals surface area contributed by atoms with Crippen molar-refractivity contribution in [3.8, 4) is 0 Å². The van der Waals surface area contributed by atoms with Crippen LogP contribution in [0.1, 0.15) is 44.3 Å². The molecule has 0 N–H and O–H groups in total. The molecule has 0 bridgehead atoms. The van der Waals surface area contributed by atoms with Crippen molar-refractivity contribution in [3.05, 3.63) is 89.0 Å². The van der Waals surface area contributed by atoms with Crippen LogP contribution in [0.2, 0.25) is 0 Å². The van der Waals surface area contributed by atoms with Gasteiger partial charge in [-0.2, -0.15) is 0 Å². The third-order valence-corrected chi connectivity index (χ3v) is 4.64. The number of rotatable bonds is 5. The first-order chi connectivity index (χ1) is 12.8. The lowest BCUT2D eigenvalue weighted by Gasteiger charge is -2.27. The fourth-order valence-corrected chi connectivity index (χ4v) is 2.96. The third-order valence-electron chi connectivity index (χ3n) is 4.64. The van der Waals surface area contributed by atoms with E-state index in [1.165, 1.54) is 6.08 Å². The zero-order valence-corrected chi connectivity index (χ0v) is 15.7. The summed E-state index contributed by atoms with van der Waals surface area (Å²) in [5.74, 6) is -1.45. The molecule has 0 radical (unpaired) electrons. The zero-order valence-electron chi connectivity index (χ0n) is 15.7. The monoisotopic (exact) mass is 367 g/mol. The number of benzene rings is 1. The van der Waals surface area contributed by atoms with Crippen LogP contribution < -0.4 is 0 Å². The molecule has 27 heavy (non-hydrogen) atoms. The highest BCUT2D eigenvalue weighted by Gasteiger charge is 2.33. The molecule has 3 rings (SSSR count). The highest BCUT2D eigenvalue weighted by atomic mass is 19.3. The van der Waals surface area contributed by atoms with E-state index in [1.807, 2.05) is 62.4 Å². The van der Waals surface area contributed by atoms with Gasteiger partial charge in [0.1, 0.15) is 11.5 Å². The van der Waals surface area contributed by atoms with Gasteiger partial charge in [-0.15, -0.1) is 0 Å². The smallest absolute Gasteiger partial charge is 0.270 e. The standard InChI is InChI=1S/C23H23F2NO/c1-17(15-18-7-5-4-6-8-18)26-16-20-9-10-21(27-20)22(2)13-11-19(12-14-22)23(3,24)25/h4-13,15-16H,14H2,1-3H3/b17-15+,26-16+. The first-order valence-electron chi connectivity index (χ1n) is 8.92. The molecule has 1 aromatic carbocycles. The molecule has 1 aliphatic carbocycles. The maximum absolute atomic E-state index is 13.4. The Hall–Kier alpha value is -2.75. The Morgan fingerprint density at radius 1 is 1.19 bits per heavy atom. The lowest BCUT2D eigenvalue weighted by molar-refractivity contribution is 0.0664. The van der Waals surface area contributed by atoms with E-state index >= 15 is 0 Å². The highest BCUT2D eigenvalue weighted by Crippen LogP contribution is 2.38. The van der Waals surface area contributed by atoms with E-state index in [9.17, 15) is 8.78 Å². The van der Waals surface area contributed by atoms with Gasteiger partial charge in [-0.3, -0.25) is 4.99 Å². The Labute approximate surface area is 158 Å². The lowest BCUT2D eigenvalue weighted by atomic mass is 9.79. The summed E-state index contributed by atoms with van der Waals surface area (Å²) in [5.41, 5.74) is 1.56. The van der Waals surface area contributed by atoms with Crippen molar-refractivity contribution in [2.45, 2.75) is 38.5 Å². The van der Waals surface area contributed by atoms with Gasteiger partial charge in [-0.25, -0.2) is 8.78 Å². The Kier molecular flexibility index (Phi) is 5.26. The molecule has 1 heterocycles. The van der Waals surface area contributed by atoms with Crippen molar-refractivity contribution in [2.24, 2.45) is 4.99 Å². The van der Waals surface area contributed by atoms with Crippen LogP contribution in [0, 0.1) is 0 Å². The van der Waals surface area contributed by atoms with Gasteiger partial charge in [0.15, 0.2) is 0 Å². The minimum atomic E-state index is -2.82. The van der Waals surface area contributed by atoms with Crippen molar-refractivity contribution in [1.29, 1.82) is 0 Å². The summed E-state index contributed by atoms with van der Waals surface area (Å²) in [4.78, 5) is 4.43. The second-order valence-electron chi connectivity index (χ2n) is 7.16. The minimum absolute atomic E-state index is 0.0509. The summed E-state index contributed by atoms with van der Waals surface area (Å²) in [6, 6.07) is 13.7. The van der Waals surface area contributed by atoms with E-state index in [4.69, 9.17) is 4.42 Å². The second kappa shape index (κ2) is 7.47. The van der Waals surface area contributed by atoms with Crippen LogP contribution in [0.4, 0.5) is 8.78 Å². The first-order valence-corrected chi connectivity index (χ1v) is 8.92. The number of halogens is 2. The van der Waals surface area contributed by atoms with E-state index in [-0.39, 0.29) is 5.57 Å². The summed E-state index contributed by atoms with van der Waals surface area (Å²) < 4.78 is 32.8. The van der Waals surface area contributed by atoms with Crippen molar-refractivity contribution in [2.75, 3.05) is 0 Å². The van der Waals surface area contributed by atoms with Crippen LogP contribution >= 0.6 is 0 Å². The van der Waals surface area contributed by atoms with E-state index in [1.54, 1.807) is 18.4 Å². The van der Waals surface area contributed by atoms with E-state index in [0.717, 1.165) is 23.9 Å². The molecule has 1 aliphatic rings. The number of furan rings is 1. The fourth-order valence-electron chi connectivity index (χ4n) is 2.96. The van der Waals surface area contributed by atoms with Crippen molar-refractivity contribution < 1.29 is 13.2 Å². The van der Waals surface area contributed by atoms with Gasteiger partial charge in [0.25, 0.3) is 5.92 Å². The van der Waals surface area contributed by atoms with Crippen LogP contribution in [0.25, 0.3) is 6.08 Å². The molecule has 1 unspecified atom stereocenters. The predicted octanol–water partition coefficient (Wildman–Crippen LogP) is 6.56. The number of allylic oxidation sites excluding steroid dienone is 5. The fraction of sp³-hybridized carbons (Fsp3) is 0.261. The Morgan fingerprint density at radius 2 is 1.93 bits per heavy atom. The van der Waals surface area contributed by atoms with Gasteiger partial charge in [0.05, 0.1) is 6.21 Å². The molecule has 140 valence electrons. The molecule has 0 saturated carbocycles. The number of hydrogen-bond donors (Lipinski definition) is 0. The molecule has 0 amide bonds. The molecule has 0 aliphatic heterocycles. The average molecular weight is 367 g/mol. The maximum Gasteiger partial charge on any atom is 0.270 e. The molecular formula is C23H23F2NO. The number of alkyl halides is 2. The van der Waals surface area contributed by atoms with Gasteiger partial charge in [0, 0.05) is 23.6 Å². The topological polar surface area (TPSA) is 25.5 Å². The van der Waals surface area contributed by atoms with Gasteiger partial charge in [-0.05, 0) is 44.0 Å². The van der Waals surface area contributed by atoms with Crippen LogP contribution in [-0.2, 0) is 5.41 Å². The van der Waals surface area contributed by atoms with Crippen LogP contribution in [0.15, 0.2) is 81.4 Å². The van der Waals surface area contributed by atoms with Crippen molar-refractivity contribution >= 4 is 12.3 Å². The Balaban J connectivity index is 1.71. The molecule has 0 fully saturated rings. The predicted molar refractivity (Wildman–Crippen MR) is 106 cm³/mol. The minimum Gasteiger partial charge on any atom is -0.459 e. The third kappa shape index (κ3) is 4.70. The van der Waals surface area contributed by atoms with Crippen molar-refractivity contribution in [1.82, 2.24) is 0 Å². The SMILES string of the molecule is CC(=C\c1ccccc1)/N=C/c1ccc(C2(C)C=CC(C(C)(F)F)=CC2)o1. The second-order valence-corrected chi connectivity index (χ2v) is 7.16. The summed E-state index contributed by atoms with van der Waals surface area (Å²) in [7, 11) is 0. The summed E-state index contributed by atoms with van der Waals surface area (Å²) in [5, 5.41) is 0. The van der Waals surface area contributed by atoms with Crippen molar-refractivity contribution in [3.63, 3.8) is 0 Å². The summed E-state index contributed by atoms with van der Waals surface area (Å²) >= 11 is 0. The first kappa shape index (κ1) is 19.0. The number of hydrogen-bond acceptors (Lipinski definition) is 2. The van der Waals surface area contributed by atoms with Crippen LogP contribution in [0.5, 0.6) is 0 Å². The summed E-state index contributed by atoms with van der Waals surface area (Å²) in [6.07, 6.45) is 9.01. The largest absolute Gasteiger partial charge is 0.459 e. The van der Waals surface area contributed by atoms with Gasteiger partial charge < -0.3 is 4.42 Å². The Morgan fingerprint density at radius 3 is 2.56 bits per heavy atom. The van der Waals surface area contributed by atoms with E-state index in [2.05, 4.69) is 4.99 Å². The molecule has 0 saturated heterocycles. The van der Waals surface area contributed by atoms with E-state index in [0.29, 0.717) is 12.2 Å². The molecule has 4 heteroatoms. The molecule has 0 spiro atoms. The van der Waals surface area contributed by atoms with E-state index < -0.39 is 11.3 Å². The summed E-state index contributed by atoms with van der Waals surface area (Å²) in [6.45, 7) is 4.82. The van der Waals surface area contributed by atoms with Gasteiger partial charge >= 0.3 is 0 Å². The van der Waals surface area contributed by atoms with Gasteiger partial charge in [0.2, 0.25) is 0 Å². The number of aliphatic imine (C=N–C) groups is 1. The highest BCUT2D eigenvalue weighted by molar-refractivity contribution is 5.77. The number of nitrogens with zero attached hydrogens (tertiary/aromatic N) is 1. The molecule has 1 aromatic heterocycles. The zero-order chi connectivity index (χ0) is 19.5. The lowest BCUT2D eigenvalue weighted by Crippen LogP contribution is -2.23. The average Bonchev–Trinajstić information content (AvgIpc) is 3.10. The Bertz CT molecular complexity index is 913. The molecule has 2 nitrogen and oxygen atoms in total. The van der Waals surface area contributed by atoms with Crippen LogP contribution in [-0.4, -0.2) is 12.1 Å². The quantitative estimate of drug-likeness (QED) is 0.550. The van der Waals surface area contributed by atoms with Gasteiger partial charge in [-0.1, -0.05) is 48.6 Å². The normalized spacial score (nSPS) is 20.9. The van der Waals surface area contributed by atoms with Crippen LogP contribution in [0.3, 0.4) is 0 Å². The molecular weight excluding hydrogens is 344 g/mol. The maximum atomic E-state index is 13.4.